The Morgan fingerprint density at radius 1 is 0.476 bits per heavy atom. The summed E-state index contributed by atoms with van der Waals surface area (Å²) >= 11 is 0. The lowest BCUT2D eigenvalue weighted by Crippen LogP contribution is -1.95. The summed E-state index contributed by atoms with van der Waals surface area (Å²) in [5, 5.41) is 0. The Hall–Kier alpha value is -2.43. The van der Waals surface area contributed by atoms with Crippen LogP contribution in [0.1, 0.15) is 27.8 Å². The Morgan fingerprint density at radius 3 is 1.14 bits per heavy atom. The van der Waals surface area contributed by atoms with Crippen LogP contribution in [-0.4, -0.2) is 0 Å². The fraction of sp³-hybridized carbons (Fsp3) is 0. The molecule has 0 spiro atoms. The Morgan fingerprint density at radius 2 is 0.810 bits per heavy atom. The summed E-state index contributed by atoms with van der Waals surface area (Å²) in [4.78, 5) is 0. The Labute approximate surface area is 118 Å². The fourth-order valence-electron chi connectivity index (χ4n) is 1.93. The number of benzene rings is 1. The van der Waals surface area contributed by atoms with Crippen molar-refractivity contribution in [1.82, 2.24) is 0 Å². The highest BCUT2D eigenvalue weighted by Crippen LogP contribution is 2.30. The monoisotopic (exact) mass is 298 g/mol. The smallest absolute Gasteiger partial charge is 0.0873 e. The van der Waals surface area contributed by atoms with Crippen LogP contribution in [0.25, 0.3) is 30.4 Å². The van der Waals surface area contributed by atoms with Crippen molar-refractivity contribution < 1.29 is 22.0 Å². The summed E-state index contributed by atoms with van der Waals surface area (Å²) in [5.41, 5.74) is 0.713. The van der Waals surface area contributed by atoms with Crippen LogP contribution in [0.15, 0.2) is 37.7 Å². The Kier molecular flexibility index (Phi) is 6.87. The first-order chi connectivity index (χ1) is 10.2. The van der Waals surface area contributed by atoms with Crippen LogP contribution in [0.3, 0.4) is 0 Å². The van der Waals surface area contributed by atoms with Crippen LogP contribution < -0.4 is 0 Å². The summed E-state index contributed by atoms with van der Waals surface area (Å²) in [6.07, 6.45) is 5.88. The van der Waals surface area contributed by atoms with E-state index in [1.165, 1.54) is 6.07 Å². The second-order valence-electron chi connectivity index (χ2n) is 3.76. The number of hydrogen-bond donors (Lipinski definition) is 0. The fourth-order valence-corrected chi connectivity index (χ4v) is 1.93. The van der Waals surface area contributed by atoms with E-state index in [-0.39, 0.29) is 59.5 Å². The molecule has 0 aliphatic heterocycles. The van der Waals surface area contributed by atoms with Crippen molar-refractivity contribution in [3.63, 3.8) is 0 Å². The van der Waals surface area contributed by atoms with Crippen LogP contribution in [-0.2, 0) is 0 Å². The molecule has 0 atom stereocenters. The number of hydrogen-bond acceptors (Lipinski definition) is 0. The molecule has 0 aliphatic carbocycles. The lowest BCUT2D eigenvalue weighted by Gasteiger charge is -2.13. The maximum atomic E-state index is 12.6. The molecule has 0 unspecified atom stereocenters. The van der Waals surface area contributed by atoms with Gasteiger partial charge in [-0.2, -0.15) is 0 Å². The Balaban J connectivity index is 3.86. The lowest BCUT2D eigenvalue weighted by molar-refractivity contribution is 0.724. The molecule has 0 aliphatic rings. The molecule has 0 N–H and O–H groups in total. The molecule has 0 bridgehead atoms. The third-order valence-electron chi connectivity index (χ3n) is 2.69. The van der Waals surface area contributed by atoms with E-state index in [0.717, 1.165) is 30.4 Å². The van der Waals surface area contributed by atoms with Crippen molar-refractivity contribution in [2.45, 2.75) is 0 Å². The maximum Gasteiger partial charge on any atom is 0.0873 e. The molecule has 0 aromatic heterocycles. The van der Waals surface area contributed by atoms with E-state index in [1.807, 2.05) is 0 Å². The highest BCUT2D eigenvalue weighted by molar-refractivity contribution is 5.84. The van der Waals surface area contributed by atoms with E-state index >= 15 is 0 Å². The van der Waals surface area contributed by atoms with Crippen LogP contribution in [0.4, 0.5) is 22.0 Å². The third-order valence-corrected chi connectivity index (χ3v) is 2.69. The molecule has 0 saturated heterocycles. The van der Waals surface area contributed by atoms with Gasteiger partial charge in [0, 0.05) is 0 Å². The van der Waals surface area contributed by atoms with Crippen LogP contribution >= 0.6 is 0 Å². The molecule has 0 heterocycles. The van der Waals surface area contributed by atoms with Crippen molar-refractivity contribution in [2.75, 3.05) is 0 Å². The first-order valence-electron chi connectivity index (χ1n) is 5.78. The molecule has 1 aromatic carbocycles. The van der Waals surface area contributed by atoms with Gasteiger partial charge in [-0.3, -0.25) is 0 Å². The van der Waals surface area contributed by atoms with Gasteiger partial charge in [0.05, 0.1) is 31.6 Å². The van der Waals surface area contributed by atoms with E-state index in [0.29, 0.717) is 0 Å². The van der Waals surface area contributed by atoms with E-state index in [4.69, 9.17) is 0 Å². The van der Waals surface area contributed by atoms with Crippen molar-refractivity contribution in [3.05, 3.63) is 65.5 Å². The van der Waals surface area contributed by atoms with Gasteiger partial charge in [0.15, 0.2) is 0 Å². The standard InChI is InChI=1S/C16H11F5/c17-6-1-12-11-13(2-7-18)15(4-9-20)16(5-10-21)14(12)3-8-19/h1-11H. The van der Waals surface area contributed by atoms with E-state index in [2.05, 4.69) is 0 Å². The zero-order valence-electron chi connectivity index (χ0n) is 10.7. The van der Waals surface area contributed by atoms with Gasteiger partial charge in [-0.15, -0.1) is 0 Å². The zero-order valence-corrected chi connectivity index (χ0v) is 10.7. The normalized spacial score (nSPS) is 13.0. The van der Waals surface area contributed by atoms with E-state index in [9.17, 15) is 22.0 Å². The highest BCUT2D eigenvalue weighted by Gasteiger charge is 2.11. The molecule has 1 aromatic rings. The van der Waals surface area contributed by atoms with Crippen molar-refractivity contribution >= 4 is 30.4 Å². The average molecular weight is 298 g/mol. The summed E-state index contributed by atoms with van der Waals surface area (Å²) in [5.74, 6) is 0. The van der Waals surface area contributed by atoms with Crippen molar-refractivity contribution in [1.29, 1.82) is 0 Å². The van der Waals surface area contributed by atoms with Crippen LogP contribution in [0.2, 0.25) is 0 Å². The lowest BCUT2D eigenvalue weighted by atomic mass is 9.91. The van der Waals surface area contributed by atoms with E-state index in [1.54, 1.807) is 0 Å². The van der Waals surface area contributed by atoms with Gasteiger partial charge in [-0.1, -0.05) is 0 Å². The minimum Gasteiger partial charge on any atom is -0.216 e. The predicted octanol–water partition coefficient (Wildman–Crippen LogP) is 6.39. The zero-order chi connectivity index (χ0) is 15.7. The van der Waals surface area contributed by atoms with Gasteiger partial charge in [-0.05, 0) is 64.3 Å². The minimum atomic E-state index is 0.0870. The maximum absolute atomic E-state index is 12.6. The summed E-state index contributed by atoms with van der Waals surface area (Å²) in [6, 6.07) is 1.33. The van der Waals surface area contributed by atoms with Crippen LogP contribution in [0, 0.1) is 0 Å². The van der Waals surface area contributed by atoms with Gasteiger partial charge in [0.25, 0.3) is 0 Å². The first kappa shape index (κ1) is 16.6. The molecule has 0 fully saturated rings. The van der Waals surface area contributed by atoms with Gasteiger partial charge in [0.2, 0.25) is 0 Å². The van der Waals surface area contributed by atoms with Crippen LogP contribution in [0.5, 0.6) is 0 Å². The molecular formula is C16H11F5. The molecular weight excluding hydrogens is 287 g/mol. The van der Waals surface area contributed by atoms with Crippen molar-refractivity contribution in [3.8, 4) is 0 Å². The first-order valence-corrected chi connectivity index (χ1v) is 5.78. The summed E-state index contributed by atoms with van der Waals surface area (Å²) in [7, 11) is 0. The molecule has 21 heavy (non-hydrogen) atoms. The average Bonchev–Trinajstić information content (AvgIpc) is 2.47. The molecule has 0 saturated carbocycles. The highest BCUT2D eigenvalue weighted by atomic mass is 19.1. The molecule has 0 amide bonds. The van der Waals surface area contributed by atoms with Gasteiger partial charge < -0.3 is 0 Å². The second-order valence-corrected chi connectivity index (χ2v) is 3.76. The summed E-state index contributed by atoms with van der Waals surface area (Å²) in [6.45, 7) is 0. The summed E-state index contributed by atoms with van der Waals surface area (Å²) < 4.78 is 62.4. The SMILES string of the molecule is FC=Cc1cc(C=CF)c(C=CF)c(C=CF)c1C=CF. The van der Waals surface area contributed by atoms with Gasteiger partial charge >= 0.3 is 0 Å². The number of halogens is 5. The largest absolute Gasteiger partial charge is 0.216 e. The molecule has 0 radical (unpaired) electrons. The molecule has 0 nitrogen and oxygen atoms in total. The minimum absolute atomic E-state index is 0.0870. The topological polar surface area (TPSA) is 0 Å². The van der Waals surface area contributed by atoms with Crippen molar-refractivity contribution in [2.24, 2.45) is 0 Å². The van der Waals surface area contributed by atoms with E-state index < -0.39 is 0 Å². The molecule has 5 heteroatoms. The quantitative estimate of drug-likeness (QED) is 0.553. The predicted molar refractivity (Wildman–Crippen MR) is 77.2 cm³/mol. The molecule has 1 rings (SSSR count). The second kappa shape index (κ2) is 8.68. The number of rotatable bonds is 5. The van der Waals surface area contributed by atoms with Gasteiger partial charge in [0.1, 0.15) is 0 Å². The Bertz CT molecular complexity index is 576. The molecule has 110 valence electrons. The third kappa shape index (κ3) is 4.02. The van der Waals surface area contributed by atoms with Gasteiger partial charge in [-0.25, -0.2) is 22.0 Å².